The lowest BCUT2D eigenvalue weighted by Gasteiger charge is -1.87. The van der Waals surface area contributed by atoms with Gasteiger partial charge in [0.2, 0.25) is 0 Å². The number of carbonyl (C=O) groups excluding carboxylic acids is 1. The maximum atomic E-state index is 10.5. The normalized spacial score (nSPS) is 10.4. The predicted octanol–water partition coefficient (Wildman–Crippen LogP) is -1.46. The van der Waals surface area contributed by atoms with Gasteiger partial charge in [-0.25, -0.2) is 0 Å². The maximum absolute atomic E-state index is 10.5. The van der Waals surface area contributed by atoms with Gasteiger partial charge in [0, 0.05) is 9.76 Å². The Morgan fingerprint density at radius 3 is 2.29 bits per heavy atom. The summed E-state index contributed by atoms with van der Waals surface area (Å²) >= 11 is 0. The van der Waals surface area contributed by atoms with E-state index in [1.54, 1.807) is 6.92 Å². The van der Waals surface area contributed by atoms with Gasteiger partial charge in [0.1, 0.15) is 5.41 Å². The maximum Gasteiger partial charge on any atom is 0.124 e. The lowest BCUT2D eigenvalue weighted by molar-refractivity contribution is -0.108. The molecule has 0 amide bonds. The second-order valence-electron chi connectivity index (χ2n) is 1.56. The topological polar surface area (TPSA) is 17.1 Å². The van der Waals surface area contributed by atoms with Crippen LogP contribution in [0.25, 0.3) is 0 Å². The molecule has 0 aliphatic rings. The van der Waals surface area contributed by atoms with Crippen LogP contribution in [0, 0.1) is 0 Å². The molecule has 0 rings (SSSR count). The summed E-state index contributed by atoms with van der Waals surface area (Å²) in [5.74, 6) is 0. The molecule has 0 fully saturated rings. The lowest BCUT2D eigenvalue weighted by atomic mass is 10.4. The SMILES string of the molecule is C=C(C)C(=O)[SiH2][SiH3]. The van der Waals surface area contributed by atoms with Crippen molar-refractivity contribution >= 4 is 24.2 Å². The Morgan fingerprint density at radius 2 is 2.29 bits per heavy atom. The number of hydrogen-bond acceptors (Lipinski definition) is 1. The van der Waals surface area contributed by atoms with E-state index in [4.69, 9.17) is 0 Å². The van der Waals surface area contributed by atoms with E-state index >= 15 is 0 Å². The lowest BCUT2D eigenvalue weighted by Crippen LogP contribution is -2.08. The highest BCUT2D eigenvalue weighted by molar-refractivity contribution is 7.09. The number of hydrogen-bond donors (Lipinski definition) is 0. The molecule has 0 aromatic heterocycles. The third kappa shape index (κ3) is 2.53. The summed E-state index contributed by atoms with van der Waals surface area (Å²) in [5.41, 5.74) is 0.752. The Balaban J connectivity index is 3.58. The van der Waals surface area contributed by atoms with Crippen LogP contribution in [-0.2, 0) is 4.79 Å². The summed E-state index contributed by atoms with van der Waals surface area (Å²) in [5, 5.41) is 0.353. The predicted molar refractivity (Wildman–Crippen MR) is 38.3 cm³/mol. The first kappa shape index (κ1) is 6.84. The van der Waals surface area contributed by atoms with Crippen molar-refractivity contribution in [2.45, 2.75) is 6.92 Å². The fourth-order valence-corrected chi connectivity index (χ4v) is 2.72. The van der Waals surface area contributed by atoms with Crippen molar-refractivity contribution in [1.29, 1.82) is 0 Å². The molecule has 0 saturated carbocycles. The zero-order valence-corrected chi connectivity index (χ0v) is 8.24. The summed E-state index contributed by atoms with van der Waals surface area (Å²) in [6.07, 6.45) is 0. The first-order valence-corrected chi connectivity index (χ1v) is 8.73. The highest BCUT2D eigenvalue weighted by Crippen LogP contribution is 1.83. The van der Waals surface area contributed by atoms with Crippen LogP contribution >= 0.6 is 0 Å². The molecule has 0 heterocycles. The van der Waals surface area contributed by atoms with Crippen LogP contribution in [0.1, 0.15) is 6.92 Å². The Morgan fingerprint density at radius 1 is 1.86 bits per heavy atom. The zero-order valence-electron chi connectivity index (χ0n) is 4.82. The van der Waals surface area contributed by atoms with Crippen LogP contribution in [0.3, 0.4) is 0 Å². The van der Waals surface area contributed by atoms with E-state index in [1.165, 1.54) is 0 Å². The average Bonchev–Trinajstić information content (AvgIpc) is 1.65. The van der Waals surface area contributed by atoms with E-state index < -0.39 is 0 Å². The minimum Gasteiger partial charge on any atom is -0.302 e. The third-order valence-electron chi connectivity index (χ3n) is 0.797. The fraction of sp³-hybridized carbons (Fsp3) is 0.250. The van der Waals surface area contributed by atoms with Gasteiger partial charge in [0.15, 0.2) is 0 Å². The van der Waals surface area contributed by atoms with E-state index in [2.05, 4.69) is 6.58 Å². The van der Waals surface area contributed by atoms with Gasteiger partial charge in [-0.3, -0.25) is 0 Å². The fourth-order valence-electron chi connectivity index (χ4n) is 0.302. The zero-order chi connectivity index (χ0) is 5.86. The Hall–Kier alpha value is -0.156. The quantitative estimate of drug-likeness (QED) is 0.330. The van der Waals surface area contributed by atoms with Crippen molar-refractivity contribution in [3.05, 3.63) is 12.2 Å². The molecule has 0 saturated heterocycles. The molecule has 0 N–H and O–H groups in total. The second-order valence-corrected chi connectivity index (χ2v) is 5.03. The molecule has 0 aliphatic carbocycles. The summed E-state index contributed by atoms with van der Waals surface area (Å²) in [4.78, 5) is 10.5. The molecule has 40 valence electrons. The highest BCUT2D eigenvalue weighted by atomic mass is 29.1. The van der Waals surface area contributed by atoms with Crippen molar-refractivity contribution in [3.63, 3.8) is 0 Å². The van der Waals surface area contributed by atoms with Crippen LogP contribution in [0.2, 0.25) is 0 Å². The molecule has 0 aromatic rings. The molecule has 0 atom stereocenters. The minimum absolute atomic E-state index is 0.309. The highest BCUT2D eigenvalue weighted by Gasteiger charge is 1.94. The minimum atomic E-state index is -0.309. The van der Waals surface area contributed by atoms with Crippen molar-refractivity contribution in [3.8, 4) is 0 Å². The summed E-state index contributed by atoms with van der Waals surface area (Å²) < 4.78 is 0. The number of carbonyl (C=O) groups is 1. The van der Waals surface area contributed by atoms with Gasteiger partial charge in [-0.2, -0.15) is 0 Å². The first-order valence-electron chi connectivity index (χ1n) is 2.37. The molecule has 7 heavy (non-hydrogen) atoms. The summed E-state index contributed by atoms with van der Waals surface area (Å²) in [6, 6.07) is 0. The van der Waals surface area contributed by atoms with E-state index in [9.17, 15) is 4.79 Å². The van der Waals surface area contributed by atoms with Crippen LogP contribution in [0.4, 0.5) is 0 Å². The molecule has 3 heteroatoms. The molecule has 0 radical (unpaired) electrons. The van der Waals surface area contributed by atoms with Crippen molar-refractivity contribution < 1.29 is 4.79 Å². The van der Waals surface area contributed by atoms with E-state index in [-0.39, 0.29) is 9.04 Å². The standard InChI is InChI=1S/C4H10OSi2/c1-3(2)4(5)7-6/h1,7H2,2,6H3. The van der Waals surface area contributed by atoms with Crippen LogP contribution in [0.5, 0.6) is 0 Å². The number of rotatable bonds is 2. The molecule has 1 nitrogen and oxygen atoms in total. The van der Waals surface area contributed by atoms with Crippen LogP contribution in [-0.4, -0.2) is 24.2 Å². The summed E-state index contributed by atoms with van der Waals surface area (Å²) in [6.45, 7) is 5.32. The van der Waals surface area contributed by atoms with Gasteiger partial charge < -0.3 is 4.79 Å². The molecular weight excluding hydrogens is 120 g/mol. The first-order chi connectivity index (χ1) is 3.18. The van der Waals surface area contributed by atoms with Gasteiger partial charge in [0.05, 0.1) is 9.04 Å². The molecule has 0 bridgehead atoms. The van der Waals surface area contributed by atoms with Gasteiger partial charge >= 0.3 is 0 Å². The second kappa shape index (κ2) is 2.93. The molecule has 0 aliphatic heterocycles. The van der Waals surface area contributed by atoms with Gasteiger partial charge in [0.25, 0.3) is 0 Å². The Kier molecular flexibility index (Phi) is 2.86. The van der Waals surface area contributed by atoms with Crippen molar-refractivity contribution in [2.75, 3.05) is 0 Å². The number of allylic oxidation sites excluding steroid dienone is 1. The van der Waals surface area contributed by atoms with Crippen LogP contribution < -0.4 is 0 Å². The Labute approximate surface area is 48.8 Å². The molecule has 0 aromatic carbocycles. The largest absolute Gasteiger partial charge is 0.302 e. The van der Waals surface area contributed by atoms with Crippen LogP contribution in [0.15, 0.2) is 12.2 Å². The summed E-state index contributed by atoms with van der Waals surface area (Å²) in [7, 11) is 0.791. The monoisotopic (exact) mass is 130 g/mol. The van der Waals surface area contributed by atoms with Crippen molar-refractivity contribution in [2.24, 2.45) is 0 Å². The third-order valence-corrected chi connectivity index (χ3v) is 3.97. The van der Waals surface area contributed by atoms with Gasteiger partial charge in [-0.05, 0) is 12.5 Å². The van der Waals surface area contributed by atoms with E-state index in [1.807, 2.05) is 0 Å². The molecule has 0 spiro atoms. The average molecular weight is 130 g/mol. The smallest absolute Gasteiger partial charge is 0.124 e. The van der Waals surface area contributed by atoms with E-state index in [0.717, 1.165) is 15.3 Å². The molecule has 0 unspecified atom stereocenters. The van der Waals surface area contributed by atoms with E-state index in [0.29, 0.717) is 5.41 Å². The Bertz CT molecular complexity index is 97.9. The van der Waals surface area contributed by atoms with Gasteiger partial charge in [-0.15, -0.1) is 0 Å². The molecular formula is C4H10OSi2. The van der Waals surface area contributed by atoms with Gasteiger partial charge in [-0.1, -0.05) is 6.58 Å². The van der Waals surface area contributed by atoms with Crippen molar-refractivity contribution in [1.82, 2.24) is 0 Å².